The number of rotatable bonds is 7. The quantitative estimate of drug-likeness (QED) is 0.212. The first-order valence-corrected chi connectivity index (χ1v) is 10.9. The molecule has 32 heavy (non-hydrogen) atoms. The molecule has 0 radical (unpaired) electrons. The van der Waals surface area contributed by atoms with Gasteiger partial charge in [0.05, 0.1) is 33.0 Å². The molecule has 166 valence electrons. The van der Waals surface area contributed by atoms with Gasteiger partial charge in [-0.2, -0.15) is 0 Å². The molecular weight excluding hydrogens is 528 g/mol. The maximum Gasteiger partial charge on any atom is 0.343 e. The fourth-order valence-electron chi connectivity index (χ4n) is 2.73. The number of nitrogens with zero attached hydrogens (tertiary/aromatic N) is 2. The summed E-state index contributed by atoms with van der Waals surface area (Å²) < 4.78 is 10.3. The van der Waals surface area contributed by atoms with E-state index in [1.807, 2.05) is 0 Å². The molecule has 12 heteroatoms. The van der Waals surface area contributed by atoms with Crippen molar-refractivity contribution in [2.45, 2.75) is 6.54 Å². The number of ether oxygens (including phenoxy) is 2. The number of non-ortho nitro benzene ring substituents is 1. The molecule has 1 heterocycles. The van der Waals surface area contributed by atoms with Crippen molar-refractivity contribution in [3.05, 3.63) is 72.0 Å². The van der Waals surface area contributed by atoms with E-state index in [1.165, 1.54) is 37.5 Å². The van der Waals surface area contributed by atoms with Gasteiger partial charge in [0, 0.05) is 12.1 Å². The molecule has 0 unspecified atom stereocenters. The molecule has 1 saturated heterocycles. The van der Waals surface area contributed by atoms with Crippen LogP contribution < -0.4 is 4.74 Å². The standard InChI is InChI=1S/C20H14BrClN2O7S/c1-30-17(25)10-31-18-14(21)6-12(7-15(18)22)8-16-19(26)23(20(27)32-16)9-11-3-2-4-13(5-11)24(28)29/h2-8H,9-10H2,1H3/b16-8+. The highest BCUT2D eigenvalue weighted by molar-refractivity contribution is 9.10. The summed E-state index contributed by atoms with van der Waals surface area (Å²) in [5.74, 6) is -0.868. The highest BCUT2D eigenvalue weighted by Crippen LogP contribution is 2.38. The van der Waals surface area contributed by atoms with Crippen molar-refractivity contribution in [3.8, 4) is 5.75 Å². The molecule has 3 rings (SSSR count). The number of carbonyl (C=O) groups excluding carboxylic acids is 3. The van der Waals surface area contributed by atoms with Gasteiger partial charge < -0.3 is 9.47 Å². The normalized spacial score (nSPS) is 14.7. The number of amides is 2. The molecule has 1 aliphatic rings. The van der Waals surface area contributed by atoms with E-state index in [1.54, 1.807) is 12.1 Å². The van der Waals surface area contributed by atoms with E-state index in [4.69, 9.17) is 16.3 Å². The summed E-state index contributed by atoms with van der Waals surface area (Å²) in [6, 6.07) is 8.88. The van der Waals surface area contributed by atoms with Crippen LogP contribution in [0.2, 0.25) is 5.02 Å². The largest absolute Gasteiger partial charge is 0.479 e. The molecule has 0 saturated carbocycles. The van der Waals surface area contributed by atoms with Crippen molar-refractivity contribution >= 4 is 68.2 Å². The molecule has 2 amide bonds. The second-order valence-corrected chi connectivity index (χ2v) is 8.63. The molecule has 0 spiro atoms. The zero-order valence-corrected chi connectivity index (χ0v) is 19.5. The van der Waals surface area contributed by atoms with Gasteiger partial charge in [-0.3, -0.25) is 24.6 Å². The predicted octanol–water partition coefficient (Wildman–Crippen LogP) is 4.80. The lowest BCUT2D eigenvalue weighted by atomic mass is 10.1. The summed E-state index contributed by atoms with van der Waals surface area (Å²) in [6.45, 7) is -0.418. The van der Waals surface area contributed by atoms with E-state index in [9.17, 15) is 24.5 Å². The Morgan fingerprint density at radius 2 is 2.06 bits per heavy atom. The fraction of sp³-hybridized carbons (Fsp3) is 0.150. The Morgan fingerprint density at radius 1 is 1.31 bits per heavy atom. The Bertz CT molecular complexity index is 1130. The van der Waals surface area contributed by atoms with E-state index >= 15 is 0 Å². The van der Waals surface area contributed by atoms with E-state index in [-0.39, 0.29) is 34.5 Å². The van der Waals surface area contributed by atoms with Crippen LogP contribution in [0.3, 0.4) is 0 Å². The minimum Gasteiger partial charge on any atom is -0.479 e. The fourth-order valence-corrected chi connectivity index (χ4v) is 4.56. The minimum absolute atomic E-state index is 0.0888. The van der Waals surface area contributed by atoms with Crippen LogP contribution in [0.5, 0.6) is 5.75 Å². The van der Waals surface area contributed by atoms with Crippen molar-refractivity contribution < 1.29 is 28.8 Å². The Hall–Kier alpha value is -2.89. The monoisotopic (exact) mass is 540 g/mol. The van der Waals surface area contributed by atoms with Crippen molar-refractivity contribution in [3.63, 3.8) is 0 Å². The van der Waals surface area contributed by atoms with Gasteiger partial charge in [-0.05, 0) is 57.0 Å². The molecule has 0 bridgehead atoms. The van der Waals surface area contributed by atoms with Crippen LogP contribution >= 0.6 is 39.3 Å². The van der Waals surface area contributed by atoms with Gasteiger partial charge in [0.15, 0.2) is 12.4 Å². The number of hydrogen-bond acceptors (Lipinski definition) is 8. The summed E-state index contributed by atoms with van der Waals surface area (Å²) in [4.78, 5) is 48.0. The van der Waals surface area contributed by atoms with Crippen LogP contribution in [0.15, 0.2) is 45.8 Å². The van der Waals surface area contributed by atoms with Crippen LogP contribution in [-0.2, 0) is 20.9 Å². The zero-order valence-electron chi connectivity index (χ0n) is 16.4. The molecule has 2 aromatic rings. The highest BCUT2D eigenvalue weighted by Gasteiger charge is 2.35. The average Bonchev–Trinajstić information content (AvgIpc) is 3.00. The molecule has 0 atom stereocenters. The summed E-state index contributed by atoms with van der Waals surface area (Å²) in [6.07, 6.45) is 1.50. The lowest BCUT2D eigenvalue weighted by Crippen LogP contribution is -2.27. The Labute approximate surface area is 199 Å². The Balaban J connectivity index is 1.79. The second-order valence-electron chi connectivity index (χ2n) is 6.37. The number of thioether (sulfide) groups is 1. The maximum absolute atomic E-state index is 12.8. The summed E-state index contributed by atoms with van der Waals surface area (Å²) in [7, 11) is 1.23. The topological polar surface area (TPSA) is 116 Å². The molecule has 9 nitrogen and oxygen atoms in total. The maximum atomic E-state index is 12.8. The van der Waals surface area contributed by atoms with Crippen molar-refractivity contribution in [1.29, 1.82) is 0 Å². The van der Waals surface area contributed by atoms with Crippen LogP contribution in [0.25, 0.3) is 6.08 Å². The van der Waals surface area contributed by atoms with Gasteiger partial charge in [0.1, 0.15) is 0 Å². The minimum atomic E-state index is -0.575. The number of halogens is 2. The first kappa shape index (κ1) is 23.8. The van der Waals surface area contributed by atoms with Gasteiger partial charge in [-0.15, -0.1) is 0 Å². The summed E-state index contributed by atoms with van der Waals surface area (Å²) in [5.41, 5.74) is 0.854. The summed E-state index contributed by atoms with van der Waals surface area (Å²) in [5, 5.41) is 10.6. The lowest BCUT2D eigenvalue weighted by Gasteiger charge is -2.12. The highest BCUT2D eigenvalue weighted by atomic mass is 79.9. The van der Waals surface area contributed by atoms with Crippen molar-refractivity contribution in [2.75, 3.05) is 13.7 Å². The first-order chi connectivity index (χ1) is 15.2. The third-order valence-corrected chi connectivity index (χ3v) is 5.99. The second kappa shape index (κ2) is 10.2. The number of nitro groups is 1. The van der Waals surface area contributed by atoms with Crippen LogP contribution in [0.4, 0.5) is 10.5 Å². The third kappa shape index (κ3) is 5.47. The average molecular weight is 542 g/mol. The SMILES string of the molecule is COC(=O)COc1c(Cl)cc(/C=C2/SC(=O)N(Cc3cccc([N+](=O)[O-])c3)C2=O)cc1Br. The molecule has 2 aromatic carbocycles. The lowest BCUT2D eigenvalue weighted by molar-refractivity contribution is -0.384. The van der Waals surface area contributed by atoms with E-state index in [0.717, 1.165) is 16.7 Å². The molecule has 1 aliphatic heterocycles. The van der Waals surface area contributed by atoms with Gasteiger partial charge >= 0.3 is 5.97 Å². The Morgan fingerprint density at radius 3 is 2.72 bits per heavy atom. The number of nitro benzene ring substituents is 1. The van der Waals surface area contributed by atoms with E-state index < -0.39 is 22.0 Å². The number of methoxy groups -OCH3 is 1. The van der Waals surface area contributed by atoms with Crippen molar-refractivity contribution in [2.24, 2.45) is 0 Å². The number of esters is 1. The molecule has 0 aromatic heterocycles. The van der Waals surface area contributed by atoms with Gasteiger partial charge in [0.25, 0.3) is 16.8 Å². The zero-order chi connectivity index (χ0) is 23.4. The first-order valence-electron chi connectivity index (χ1n) is 8.87. The van der Waals surface area contributed by atoms with Crippen molar-refractivity contribution in [1.82, 2.24) is 4.90 Å². The molecule has 0 aliphatic carbocycles. The molecule has 0 N–H and O–H groups in total. The van der Waals surface area contributed by atoms with Gasteiger partial charge in [0.2, 0.25) is 0 Å². The predicted molar refractivity (Wildman–Crippen MR) is 121 cm³/mol. The number of benzene rings is 2. The van der Waals surface area contributed by atoms with Crippen LogP contribution in [0, 0.1) is 10.1 Å². The third-order valence-electron chi connectivity index (χ3n) is 4.22. The van der Waals surface area contributed by atoms with Crippen LogP contribution in [0.1, 0.15) is 11.1 Å². The van der Waals surface area contributed by atoms with Gasteiger partial charge in [-0.1, -0.05) is 23.7 Å². The number of carbonyl (C=O) groups is 3. The number of hydrogen-bond donors (Lipinski definition) is 0. The smallest absolute Gasteiger partial charge is 0.343 e. The summed E-state index contributed by atoms with van der Waals surface area (Å²) >= 11 is 10.3. The molecule has 1 fully saturated rings. The Kier molecular flexibility index (Phi) is 7.54. The molecular formula is C20H14BrClN2O7S. The van der Waals surface area contributed by atoms with Gasteiger partial charge in [-0.25, -0.2) is 4.79 Å². The van der Waals surface area contributed by atoms with E-state index in [2.05, 4.69) is 20.7 Å². The van der Waals surface area contributed by atoms with E-state index in [0.29, 0.717) is 15.6 Å². The number of imide groups is 1. The van der Waals surface area contributed by atoms with Crippen LogP contribution in [-0.4, -0.2) is 40.7 Å².